The molecule has 0 amide bonds. The first kappa shape index (κ1) is 11.7. The molecule has 102 valence electrons. The molecular weight excluding hydrogens is 222 g/mol. The number of fused-ring (bicyclic) bond motifs is 2. The maximum atomic E-state index is 3.75. The summed E-state index contributed by atoms with van der Waals surface area (Å²) in [6, 6.07) is 2.60. The van der Waals surface area contributed by atoms with Crippen molar-refractivity contribution in [3.8, 4) is 0 Å². The van der Waals surface area contributed by atoms with Crippen molar-refractivity contribution in [3.05, 3.63) is 0 Å². The van der Waals surface area contributed by atoms with Crippen LogP contribution in [0.25, 0.3) is 0 Å². The van der Waals surface area contributed by atoms with E-state index in [-0.39, 0.29) is 0 Å². The van der Waals surface area contributed by atoms with Crippen LogP contribution in [-0.4, -0.2) is 60.6 Å². The van der Waals surface area contributed by atoms with Crippen molar-refractivity contribution in [2.45, 2.75) is 56.7 Å². The summed E-state index contributed by atoms with van der Waals surface area (Å²) in [6.45, 7) is 6.72. The molecule has 4 rings (SSSR count). The molecule has 4 aliphatic rings. The van der Waals surface area contributed by atoms with Crippen LogP contribution in [0, 0.1) is 5.92 Å². The average Bonchev–Trinajstić information content (AvgIpc) is 3.02. The minimum absolute atomic E-state index is 0.816. The van der Waals surface area contributed by atoms with Crippen molar-refractivity contribution in [2.75, 3.05) is 32.7 Å². The molecule has 4 heterocycles. The van der Waals surface area contributed by atoms with Crippen molar-refractivity contribution in [2.24, 2.45) is 5.92 Å². The van der Waals surface area contributed by atoms with Crippen LogP contribution < -0.4 is 5.32 Å². The molecule has 3 nitrogen and oxygen atoms in total. The monoisotopic (exact) mass is 249 g/mol. The molecule has 3 heteroatoms. The Morgan fingerprint density at radius 3 is 2.67 bits per heavy atom. The largest absolute Gasteiger partial charge is 0.312 e. The van der Waals surface area contributed by atoms with E-state index in [1.54, 1.807) is 0 Å². The lowest BCUT2D eigenvalue weighted by molar-refractivity contribution is 0.127. The summed E-state index contributed by atoms with van der Waals surface area (Å²) in [7, 11) is 0. The number of nitrogens with one attached hydrogen (secondary N) is 1. The van der Waals surface area contributed by atoms with Crippen molar-refractivity contribution < 1.29 is 0 Å². The maximum Gasteiger partial charge on any atom is 0.0264 e. The molecule has 4 saturated heterocycles. The Hall–Kier alpha value is -0.120. The normalized spacial score (nSPS) is 46.0. The van der Waals surface area contributed by atoms with Crippen LogP contribution in [0.4, 0.5) is 0 Å². The number of hydrogen-bond acceptors (Lipinski definition) is 3. The van der Waals surface area contributed by atoms with Crippen molar-refractivity contribution in [3.63, 3.8) is 0 Å². The van der Waals surface area contributed by atoms with E-state index in [1.807, 2.05) is 0 Å². The van der Waals surface area contributed by atoms with Gasteiger partial charge < -0.3 is 5.32 Å². The zero-order chi connectivity index (χ0) is 11.9. The number of piperidine rings is 2. The van der Waals surface area contributed by atoms with Gasteiger partial charge in [0.05, 0.1) is 0 Å². The molecule has 0 radical (unpaired) electrons. The molecule has 0 bridgehead atoms. The molecule has 0 aliphatic carbocycles. The lowest BCUT2D eigenvalue weighted by Gasteiger charge is -2.36. The summed E-state index contributed by atoms with van der Waals surface area (Å²) in [4.78, 5) is 5.63. The van der Waals surface area contributed by atoms with E-state index in [2.05, 4.69) is 15.1 Å². The highest BCUT2D eigenvalue weighted by Gasteiger charge is 2.43. The first-order valence-electron chi connectivity index (χ1n) is 8.13. The van der Waals surface area contributed by atoms with E-state index in [0.29, 0.717) is 0 Å². The second kappa shape index (κ2) is 4.77. The Bertz CT molecular complexity index is 292. The fourth-order valence-electron chi connectivity index (χ4n) is 5.00. The highest BCUT2D eigenvalue weighted by Crippen LogP contribution is 2.34. The molecule has 2 unspecified atom stereocenters. The average molecular weight is 249 g/mol. The van der Waals surface area contributed by atoms with E-state index in [4.69, 9.17) is 0 Å². The number of hydrogen-bond donors (Lipinski definition) is 1. The Labute approximate surface area is 111 Å². The molecular formula is C15H27N3. The lowest BCUT2D eigenvalue weighted by Crippen LogP contribution is -2.47. The number of rotatable bonds is 1. The predicted molar refractivity (Wildman–Crippen MR) is 73.7 cm³/mol. The first-order valence-corrected chi connectivity index (χ1v) is 8.13. The summed E-state index contributed by atoms with van der Waals surface area (Å²) in [5.41, 5.74) is 0. The number of likely N-dealkylation sites (tertiary alicyclic amines) is 1. The highest BCUT2D eigenvalue weighted by molar-refractivity contribution is 5.01. The van der Waals surface area contributed by atoms with Gasteiger partial charge in [0.15, 0.2) is 0 Å². The summed E-state index contributed by atoms with van der Waals surface area (Å²) in [5, 5.41) is 3.75. The number of nitrogens with zero attached hydrogens (tertiary/aromatic N) is 2. The summed E-state index contributed by atoms with van der Waals surface area (Å²) in [6.07, 6.45) is 8.67. The molecule has 18 heavy (non-hydrogen) atoms. The van der Waals surface area contributed by atoms with Gasteiger partial charge in [-0.15, -0.1) is 0 Å². The molecule has 4 fully saturated rings. The van der Waals surface area contributed by atoms with E-state index in [9.17, 15) is 0 Å². The van der Waals surface area contributed by atoms with Gasteiger partial charge >= 0.3 is 0 Å². The smallest absolute Gasteiger partial charge is 0.0264 e. The van der Waals surface area contributed by atoms with Crippen LogP contribution in [-0.2, 0) is 0 Å². The third-order valence-corrected chi connectivity index (χ3v) is 5.92. The highest BCUT2D eigenvalue weighted by atomic mass is 15.3. The van der Waals surface area contributed by atoms with Gasteiger partial charge in [-0.25, -0.2) is 0 Å². The maximum absolute atomic E-state index is 3.75. The molecule has 4 atom stereocenters. The Kier molecular flexibility index (Phi) is 3.10. The Morgan fingerprint density at radius 1 is 0.778 bits per heavy atom. The van der Waals surface area contributed by atoms with E-state index < -0.39 is 0 Å². The van der Waals surface area contributed by atoms with Crippen LogP contribution in [0.1, 0.15) is 38.5 Å². The van der Waals surface area contributed by atoms with Crippen LogP contribution in [0.15, 0.2) is 0 Å². The van der Waals surface area contributed by atoms with E-state index in [0.717, 1.165) is 24.0 Å². The van der Waals surface area contributed by atoms with Gasteiger partial charge in [-0.2, -0.15) is 0 Å². The van der Waals surface area contributed by atoms with Gasteiger partial charge in [0, 0.05) is 37.8 Å². The quantitative estimate of drug-likeness (QED) is 0.755. The zero-order valence-corrected chi connectivity index (χ0v) is 11.5. The molecule has 1 N–H and O–H groups in total. The second-order valence-electron chi connectivity index (χ2n) is 6.87. The summed E-state index contributed by atoms with van der Waals surface area (Å²) in [5.74, 6) is 0.955. The molecule has 0 aromatic rings. The van der Waals surface area contributed by atoms with Crippen LogP contribution in [0.5, 0.6) is 0 Å². The second-order valence-corrected chi connectivity index (χ2v) is 6.87. The predicted octanol–water partition coefficient (Wildman–Crippen LogP) is 1.30. The molecule has 0 aromatic heterocycles. The summed E-state index contributed by atoms with van der Waals surface area (Å²) >= 11 is 0. The van der Waals surface area contributed by atoms with Gasteiger partial charge in [0.25, 0.3) is 0 Å². The third kappa shape index (κ3) is 1.91. The molecule has 0 spiro atoms. The fraction of sp³-hybridized carbons (Fsp3) is 1.00. The minimum atomic E-state index is 0.816. The van der Waals surface area contributed by atoms with Crippen molar-refractivity contribution in [1.82, 2.24) is 15.1 Å². The molecule has 0 aromatic carbocycles. The molecule has 0 saturated carbocycles. The Balaban J connectivity index is 1.44. The SMILES string of the molecule is C1CCN2CCC(N3C[C@@H]4CCCN[C@@H]4C3)C2C1. The summed E-state index contributed by atoms with van der Waals surface area (Å²) < 4.78 is 0. The van der Waals surface area contributed by atoms with Crippen LogP contribution in [0.3, 0.4) is 0 Å². The van der Waals surface area contributed by atoms with Crippen molar-refractivity contribution >= 4 is 0 Å². The van der Waals surface area contributed by atoms with Gasteiger partial charge in [-0.3, -0.25) is 9.80 Å². The van der Waals surface area contributed by atoms with Crippen LogP contribution >= 0.6 is 0 Å². The van der Waals surface area contributed by atoms with E-state index >= 15 is 0 Å². The standard InChI is InChI=1S/C15H27N3/c1-2-8-17-9-6-15(14(17)5-1)18-10-12-4-3-7-16-13(12)11-18/h12-16H,1-11H2/t12-,13+,14?,15?/m0/s1. The first-order chi connectivity index (χ1) is 8.92. The molecule has 4 aliphatic heterocycles. The lowest BCUT2D eigenvalue weighted by atomic mass is 9.94. The minimum Gasteiger partial charge on any atom is -0.312 e. The zero-order valence-electron chi connectivity index (χ0n) is 11.5. The van der Waals surface area contributed by atoms with Gasteiger partial charge in [-0.1, -0.05) is 6.42 Å². The van der Waals surface area contributed by atoms with Crippen LogP contribution in [0.2, 0.25) is 0 Å². The third-order valence-electron chi connectivity index (χ3n) is 5.92. The fourth-order valence-corrected chi connectivity index (χ4v) is 5.00. The van der Waals surface area contributed by atoms with Gasteiger partial charge in [0.1, 0.15) is 0 Å². The van der Waals surface area contributed by atoms with Gasteiger partial charge in [0.2, 0.25) is 0 Å². The topological polar surface area (TPSA) is 18.5 Å². The van der Waals surface area contributed by atoms with Gasteiger partial charge in [-0.05, 0) is 51.1 Å². The van der Waals surface area contributed by atoms with E-state index in [1.165, 1.54) is 71.2 Å². The van der Waals surface area contributed by atoms with Crippen molar-refractivity contribution in [1.29, 1.82) is 0 Å². The Morgan fingerprint density at radius 2 is 1.72 bits per heavy atom.